The average molecular weight is 351 g/mol. The van der Waals surface area contributed by atoms with Gasteiger partial charge in [0.05, 0.1) is 6.33 Å². The molecule has 26 heavy (non-hydrogen) atoms. The molecule has 0 aliphatic heterocycles. The summed E-state index contributed by atoms with van der Waals surface area (Å²) in [6.07, 6.45) is 5.37. The van der Waals surface area contributed by atoms with Gasteiger partial charge in [-0.25, -0.2) is 9.37 Å². The van der Waals surface area contributed by atoms with E-state index in [2.05, 4.69) is 24.1 Å². The largest absolute Gasteiger partial charge is 0.347 e. The highest BCUT2D eigenvalue weighted by Gasteiger charge is 2.17. The number of hydrogen-bond acceptors (Lipinski definition) is 2. The van der Waals surface area contributed by atoms with Crippen LogP contribution in [0.2, 0.25) is 0 Å². The minimum atomic E-state index is -0.262. The summed E-state index contributed by atoms with van der Waals surface area (Å²) in [4.78, 5) is 16.6. The van der Waals surface area contributed by atoms with Crippen molar-refractivity contribution < 1.29 is 9.18 Å². The molecule has 3 aromatic rings. The first-order valence-electron chi connectivity index (χ1n) is 8.65. The molecule has 0 aliphatic rings. The third-order valence-electron chi connectivity index (χ3n) is 4.41. The van der Waals surface area contributed by atoms with Gasteiger partial charge in [-0.05, 0) is 41.3 Å². The van der Waals surface area contributed by atoms with Crippen molar-refractivity contribution in [3.05, 3.63) is 78.6 Å². The van der Waals surface area contributed by atoms with E-state index in [0.29, 0.717) is 18.0 Å². The van der Waals surface area contributed by atoms with E-state index < -0.39 is 0 Å². The molecule has 0 saturated heterocycles. The number of hydrogen-bond donors (Lipinski definition) is 1. The van der Waals surface area contributed by atoms with Gasteiger partial charge in [-0.3, -0.25) is 4.79 Å². The van der Waals surface area contributed by atoms with Crippen LogP contribution in [0, 0.1) is 11.7 Å². The third kappa shape index (κ3) is 4.36. The molecule has 0 radical (unpaired) electrons. The fourth-order valence-electron chi connectivity index (χ4n) is 2.75. The van der Waals surface area contributed by atoms with Crippen molar-refractivity contribution in [2.75, 3.05) is 0 Å². The van der Waals surface area contributed by atoms with Crippen molar-refractivity contribution in [1.29, 1.82) is 0 Å². The molecule has 0 unspecified atom stereocenters. The predicted octanol–water partition coefficient (Wildman–Crippen LogP) is 4.14. The number of rotatable bonds is 6. The lowest BCUT2D eigenvalue weighted by Crippen LogP contribution is -2.41. The summed E-state index contributed by atoms with van der Waals surface area (Å²) < 4.78 is 15.0. The topological polar surface area (TPSA) is 46.9 Å². The van der Waals surface area contributed by atoms with Crippen LogP contribution >= 0.6 is 0 Å². The lowest BCUT2D eigenvalue weighted by atomic mass is 10.0. The van der Waals surface area contributed by atoms with Gasteiger partial charge in [-0.15, -0.1) is 0 Å². The fourth-order valence-corrected chi connectivity index (χ4v) is 2.75. The normalized spacial score (nSPS) is 12.2. The Kier molecular flexibility index (Phi) is 5.46. The molecule has 0 bridgehead atoms. The number of aromatic nitrogens is 2. The minimum Gasteiger partial charge on any atom is -0.347 e. The van der Waals surface area contributed by atoms with Gasteiger partial charge in [-0.2, -0.15) is 0 Å². The van der Waals surface area contributed by atoms with Gasteiger partial charge in [0.1, 0.15) is 5.82 Å². The van der Waals surface area contributed by atoms with Crippen LogP contribution in [-0.4, -0.2) is 21.5 Å². The third-order valence-corrected chi connectivity index (χ3v) is 4.41. The van der Waals surface area contributed by atoms with E-state index in [-0.39, 0.29) is 17.8 Å². The van der Waals surface area contributed by atoms with Crippen molar-refractivity contribution in [2.45, 2.75) is 26.4 Å². The zero-order chi connectivity index (χ0) is 18.5. The smallest absolute Gasteiger partial charge is 0.251 e. The molecular weight excluding hydrogens is 329 g/mol. The van der Waals surface area contributed by atoms with Crippen molar-refractivity contribution in [3.8, 4) is 11.1 Å². The maximum absolute atomic E-state index is 13.0. The molecule has 5 heteroatoms. The maximum atomic E-state index is 13.0. The van der Waals surface area contributed by atoms with Gasteiger partial charge >= 0.3 is 0 Å². The molecule has 1 heterocycles. The second-order valence-electron chi connectivity index (χ2n) is 6.67. The first kappa shape index (κ1) is 17.9. The first-order valence-corrected chi connectivity index (χ1v) is 8.65. The van der Waals surface area contributed by atoms with Gasteiger partial charge in [0.15, 0.2) is 0 Å². The first-order chi connectivity index (χ1) is 12.5. The van der Waals surface area contributed by atoms with E-state index >= 15 is 0 Å². The molecule has 0 fully saturated rings. The number of halogens is 1. The van der Waals surface area contributed by atoms with E-state index in [0.717, 1.165) is 11.1 Å². The second-order valence-corrected chi connectivity index (χ2v) is 6.67. The van der Waals surface area contributed by atoms with E-state index in [1.165, 1.54) is 12.1 Å². The van der Waals surface area contributed by atoms with Gasteiger partial charge in [0.25, 0.3) is 5.91 Å². The lowest BCUT2D eigenvalue weighted by Gasteiger charge is -2.23. The quantitative estimate of drug-likeness (QED) is 0.725. The summed E-state index contributed by atoms with van der Waals surface area (Å²) in [6, 6.07) is 13.7. The highest BCUT2D eigenvalue weighted by Crippen LogP contribution is 2.20. The number of imidazole rings is 1. The SMILES string of the molecule is CC(C)[C@@H](Cn1ccnc1)NC(=O)c1ccc(-c2ccc(F)cc2)cc1. The Morgan fingerprint density at radius 3 is 2.23 bits per heavy atom. The van der Waals surface area contributed by atoms with Crippen LogP contribution in [0.15, 0.2) is 67.3 Å². The molecule has 1 aromatic heterocycles. The molecule has 134 valence electrons. The molecule has 0 saturated carbocycles. The molecular formula is C21H22FN3O. The number of amides is 1. The van der Waals surface area contributed by atoms with Gasteiger partial charge in [0.2, 0.25) is 0 Å². The van der Waals surface area contributed by atoms with E-state index in [4.69, 9.17) is 0 Å². The number of nitrogens with one attached hydrogen (secondary N) is 1. The standard InChI is InChI=1S/C21H22FN3O/c1-15(2)20(13-25-12-11-23-14-25)24-21(26)18-5-3-16(4-6-18)17-7-9-19(22)10-8-17/h3-12,14-15,20H,13H2,1-2H3,(H,24,26)/t20-/m1/s1. The zero-order valence-electron chi connectivity index (χ0n) is 14.9. The van der Waals surface area contributed by atoms with Crippen LogP contribution in [-0.2, 0) is 6.54 Å². The van der Waals surface area contributed by atoms with E-state index in [1.807, 2.05) is 22.9 Å². The monoisotopic (exact) mass is 351 g/mol. The molecule has 1 N–H and O–H groups in total. The lowest BCUT2D eigenvalue weighted by molar-refractivity contribution is 0.0920. The van der Waals surface area contributed by atoms with Crippen molar-refractivity contribution in [2.24, 2.45) is 5.92 Å². The molecule has 4 nitrogen and oxygen atoms in total. The molecule has 1 amide bonds. The Morgan fingerprint density at radius 2 is 1.69 bits per heavy atom. The summed E-state index contributed by atoms with van der Waals surface area (Å²) in [5, 5.41) is 3.10. The number of nitrogens with zero attached hydrogens (tertiary/aromatic N) is 2. The molecule has 2 aromatic carbocycles. The van der Waals surface area contributed by atoms with Crippen molar-refractivity contribution in [3.63, 3.8) is 0 Å². The Morgan fingerprint density at radius 1 is 1.08 bits per heavy atom. The second kappa shape index (κ2) is 7.95. The van der Waals surface area contributed by atoms with Crippen LogP contribution in [0.5, 0.6) is 0 Å². The number of carbonyl (C=O) groups excluding carboxylic acids is 1. The van der Waals surface area contributed by atoms with E-state index in [9.17, 15) is 9.18 Å². The van der Waals surface area contributed by atoms with Crippen LogP contribution < -0.4 is 5.32 Å². The zero-order valence-corrected chi connectivity index (χ0v) is 14.9. The number of carbonyl (C=O) groups is 1. The number of benzene rings is 2. The highest BCUT2D eigenvalue weighted by atomic mass is 19.1. The van der Waals surface area contributed by atoms with Crippen LogP contribution in [0.4, 0.5) is 4.39 Å². The molecule has 0 aliphatic carbocycles. The Hall–Kier alpha value is -2.95. The van der Waals surface area contributed by atoms with Crippen LogP contribution in [0.1, 0.15) is 24.2 Å². The maximum Gasteiger partial charge on any atom is 0.251 e. The van der Waals surface area contributed by atoms with Crippen LogP contribution in [0.25, 0.3) is 11.1 Å². The van der Waals surface area contributed by atoms with Crippen LogP contribution in [0.3, 0.4) is 0 Å². The Labute approximate surface area is 152 Å². The Balaban J connectivity index is 1.69. The fraction of sp³-hybridized carbons (Fsp3) is 0.238. The summed E-state index contributed by atoms with van der Waals surface area (Å²) in [5.74, 6) is -0.0725. The Bertz CT molecular complexity index is 840. The van der Waals surface area contributed by atoms with Gasteiger partial charge in [0, 0.05) is 30.5 Å². The summed E-state index contributed by atoms with van der Waals surface area (Å²) in [5.41, 5.74) is 2.46. The molecule has 3 rings (SSSR count). The predicted molar refractivity (Wildman–Crippen MR) is 100 cm³/mol. The molecule has 0 spiro atoms. The minimum absolute atomic E-state index is 0.00785. The average Bonchev–Trinajstić information content (AvgIpc) is 3.15. The van der Waals surface area contributed by atoms with E-state index in [1.54, 1.807) is 36.8 Å². The van der Waals surface area contributed by atoms with Gasteiger partial charge in [-0.1, -0.05) is 38.1 Å². The summed E-state index contributed by atoms with van der Waals surface area (Å²) in [6.45, 7) is 4.84. The highest BCUT2D eigenvalue weighted by molar-refractivity contribution is 5.94. The van der Waals surface area contributed by atoms with Crippen molar-refractivity contribution >= 4 is 5.91 Å². The summed E-state index contributed by atoms with van der Waals surface area (Å²) in [7, 11) is 0. The van der Waals surface area contributed by atoms with Gasteiger partial charge < -0.3 is 9.88 Å². The summed E-state index contributed by atoms with van der Waals surface area (Å²) >= 11 is 0. The molecule has 1 atom stereocenters. The van der Waals surface area contributed by atoms with Crippen molar-refractivity contribution in [1.82, 2.24) is 14.9 Å².